The number of fused-ring (bicyclic) bond motifs is 1. The van der Waals surface area contributed by atoms with Gasteiger partial charge in [0.2, 0.25) is 0 Å². The van der Waals surface area contributed by atoms with Crippen molar-refractivity contribution in [3.63, 3.8) is 0 Å². The summed E-state index contributed by atoms with van der Waals surface area (Å²) in [5.41, 5.74) is 3.17. The van der Waals surface area contributed by atoms with Crippen LogP contribution in [-0.4, -0.2) is 26.0 Å². The number of aromatic nitrogens is 3. The Hall–Kier alpha value is -1.81. The van der Waals surface area contributed by atoms with Gasteiger partial charge in [-0.25, -0.2) is 9.97 Å². The number of rotatable bonds is 2. The summed E-state index contributed by atoms with van der Waals surface area (Å²) < 4.78 is 2.34. The van der Waals surface area contributed by atoms with Crippen molar-refractivity contribution in [3.05, 3.63) is 48.7 Å². The Balaban J connectivity index is 1.97. The highest BCUT2D eigenvalue weighted by Gasteiger charge is 2.24. The van der Waals surface area contributed by atoms with E-state index < -0.39 is 0 Å². The Morgan fingerprint density at radius 2 is 2.00 bits per heavy atom. The van der Waals surface area contributed by atoms with Gasteiger partial charge in [0.1, 0.15) is 11.3 Å². The van der Waals surface area contributed by atoms with Gasteiger partial charge in [-0.15, -0.1) is 0 Å². The fourth-order valence-electron chi connectivity index (χ4n) is 2.79. The van der Waals surface area contributed by atoms with Gasteiger partial charge in [0, 0.05) is 23.6 Å². The molecule has 1 unspecified atom stereocenters. The van der Waals surface area contributed by atoms with Gasteiger partial charge in [-0.3, -0.25) is 0 Å². The lowest BCUT2D eigenvalue weighted by molar-refractivity contribution is 0.577. The molecular weight excluding hydrogens is 266 g/mol. The second-order valence-corrected chi connectivity index (χ2v) is 6.18. The van der Waals surface area contributed by atoms with Crippen molar-refractivity contribution in [2.24, 2.45) is 0 Å². The molecule has 0 radical (unpaired) electrons. The Labute approximate surface area is 122 Å². The zero-order valence-corrected chi connectivity index (χ0v) is 11.9. The molecule has 3 nitrogen and oxygen atoms in total. The second-order valence-electron chi connectivity index (χ2n) is 5.03. The smallest absolute Gasteiger partial charge is 0.160 e. The van der Waals surface area contributed by atoms with Gasteiger partial charge in [0.25, 0.3) is 0 Å². The number of benzene rings is 1. The van der Waals surface area contributed by atoms with Crippen LogP contribution in [0.2, 0.25) is 0 Å². The van der Waals surface area contributed by atoms with E-state index in [1.54, 1.807) is 0 Å². The van der Waals surface area contributed by atoms with Crippen molar-refractivity contribution in [3.8, 4) is 11.4 Å². The first kappa shape index (κ1) is 12.0. The number of imidazole rings is 1. The number of hydrogen-bond acceptors (Lipinski definition) is 3. The number of pyridine rings is 1. The summed E-state index contributed by atoms with van der Waals surface area (Å²) >= 11 is 2.02. The molecule has 0 bridgehead atoms. The highest BCUT2D eigenvalue weighted by Crippen LogP contribution is 2.34. The van der Waals surface area contributed by atoms with Crippen molar-refractivity contribution in [2.75, 3.05) is 11.5 Å². The third-order valence-corrected chi connectivity index (χ3v) is 4.90. The summed E-state index contributed by atoms with van der Waals surface area (Å²) in [6.45, 7) is 0. The van der Waals surface area contributed by atoms with Crippen LogP contribution in [0, 0.1) is 0 Å². The summed E-state index contributed by atoms with van der Waals surface area (Å²) in [7, 11) is 0. The molecule has 1 aliphatic heterocycles. The third kappa shape index (κ3) is 1.91. The van der Waals surface area contributed by atoms with E-state index in [-0.39, 0.29) is 0 Å². The van der Waals surface area contributed by atoms with Crippen LogP contribution in [0.15, 0.2) is 48.7 Å². The molecule has 100 valence electrons. The predicted molar refractivity (Wildman–Crippen MR) is 83.9 cm³/mol. The summed E-state index contributed by atoms with van der Waals surface area (Å²) in [6, 6.07) is 14.9. The van der Waals surface area contributed by atoms with E-state index in [9.17, 15) is 0 Å². The largest absolute Gasteiger partial charge is 0.305 e. The fraction of sp³-hybridized carbons (Fsp3) is 0.250. The van der Waals surface area contributed by atoms with Crippen LogP contribution in [-0.2, 0) is 0 Å². The van der Waals surface area contributed by atoms with Gasteiger partial charge in [-0.2, -0.15) is 11.8 Å². The number of thioether (sulfide) groups is 1. The Morgan fingerprint density at radius 3 is 2.80 bits per heavy atom. The summed E-state index contributed by atoms with van der Waals surface area (Å²) in [5, 5.41) is 0. The van der Waals surface area contributed by atoms with E-state index in [0.717, 1.165) is 22.7 Å². The zero-order valence-electron chi connectivity index (χ0n) is 11.1. The third-order valence-electron chi connectivity index (χ3n) is 3.75. The standard InChI is InChI=1S/C16H15N3S/c1-2-5-12(6-3-1)15-18-14-7-4-9-17-16(14)19(15)13-8-10-20-11-13/h1-7,9,13H,8,10-11H2. The Bertz CT molecular complexity index is 730. The summed E-state index contributed by atoms with van der Waals surface area (Å²) in [5.74, 6) is 3.43. The first-order valence-corrected chi connectivity index (χ1v) is 8.05. The highest BCUT2D eigenvalue weighted by atomic mass is 32.2. The molecule has 1 atom stereocenters. The van der Waals surface area contributed by atoms with Gasteiger partial charge >= 0.3 is 0 Å². The van der Waals surface area contributed by atoms with E-state index in [4.69, 9.17) is 4.98 Å². The van der Waals surface area contributed by atoms with Crippen LogP contribution in [0.25, 0.3) is 22.6 Å². The van der Waals surface area contributed by atoms with Crippen molar-refractivity contribution < 1.29 is 0 Å². The Morgan fingerprint density at radius 1 is 1.10 bits per heavy atom. The van der Waals surface area contributed by atoms with Crippen LogP contribution < -0.4 is 0 Å². The lowest BCUT2D eigenvalue weighted by Gasteiger charge is -2.15. The van der Waals surface area contributed by atoms with Crippen LogP contribution in [0.1, 0.15) is 12.5 Å². The molecule has 1 fully saturated rings. The van der Waals surface area contributed by atoms with Gasteiger partial charge < -0.3 is 4.57 Å². The zero-order chi connectivity index (χ0) is 13.4. The van der Waals surface area contributed by atoms with Crippen LogP contribution >= 0.6 is 11.8 Å². The second kappa shape index (κ2) is 4.94. The summed E-state index contributed by atoms with van der Waals surface area (Å²) in [6.07, 6.45) is 3.06. The van der Waals surface area contributed by atoms with E-state index in [0.29, 0.717) is 6.04 Å². The van der Waals surface area contributed by atoms with Gasteiger partial charge in [-0.05, 0) is 24.3 Å². The van der Waals surface area contributed by atoms with Crippen LogP contribution in [0.5, 0.6) is 0 Å². The van der Waals surface area contributed by atoms with E-state index in [1.807, 2.05) is 36.2 Å². The molecule has 0 amide bonds. The Kier molecular flexibility index (Phi) is 2.96. The molecule has 4 heteroatoms. The fourth-order valence-corrected chi connectivity index (χ4v) is 3.99. The predicted octanol–water partition coefficient (Wildman–Crippen LogP) is 3.78. The van der Waals surface area contributed by atoms with Crippen molar-refractivity contribution >= 4 is 22.9 Å². The molecule has 3 heterocycles. The average Bonchev–Trinajstić information content (AvgIpc) is 3.14. The van der Waals surface area contributed by atoms with E-state index >= 15 is 0 Å². The minimum atomic E-state index is 0.509. The minimum Gasteiger partial charge on any atom is -0.305 e. The molecule has 0 spiro atoms. The molecule has 4 rings (SSSR count). The number of hydrogen-bond donors (Lipinski definition) is 0. The summed E-state index contributed by atoms with van der Waals surface area (Å²) in [4.78, 5) is 9.38. The average molecular weight is 281 g/mol. The maximum absolute atomic E-state index is 4.82. The highest BCUT2D eigenvalue weighted by molar-refractivity contribution is 7.99. The van der Waals surface area contributed by atoms with Crippen LogP contribution in [0.3, 0.4) is 0 Å². The molecule has 1 aromatic carbocycles. The topological polar surface area (TPSA) is 30.7 Å². The van der Waals surface area contributed by atoms with Crippen molar-refractivity contribution in [2.45, 2.75) is 12.5 Å². The quantitative estimate of drug-likeness (QED) is 0.716. The molecule has 2 aromatic heterocycles. The first-order valence-electron chi connectivity index (χ1n) is 6.89. The number of nitrogens with zero attached hydrogens (tertiary/aromatic N) is 3. The minimum absolute atomic E-state index is 0.509. The van der Waals surface area contributed by atoms with E-state index in [1.165, 1.54) is 17.7 Å². The molecule has 0 saturated carbocycles. The SMILES string of the molecule is c1ccc(-c2nc3cccnc3n2C2CCSC2)cc1. The molecule has 1 aliphatic rings. The monoisotopic (exact) mass is 281 g/mol. The molecule has 20 heavy (non-hydrogen) atoms. The van der Waals surface area contributed by atoms with Gasteiger partial charge in [0.15, 0.2) is 5.65 Å². The van der Waals surface area contributed by atoms with E-state index in [2.05, 4.69) is 33.8 Å². The maximum atomic E-state index is 4.82. The maximum Gasteiger partial charge on any atom is 0.160 e. The molecule has 0 N–H and O–H groups in total. The lowest BCUT2D eigenvalue weighted by Crippen LogP contribution is -2.10. The normalized spacial score (nSPS) is 18.7. The first-order chi connectivity index (χ1) is 9.93. The molecule has 1 saturated heterocycles. The van der Waals surface area contributed by atoms with Gasteiger partial charge in [0.05, 0.1) is 0 Å². The molecular formula is C16H15N3S. The van der Waals surface area contributed by atoms with Gasteiger partial charge in [-0.1, -0.05) is 30.3 Å². The molecule has 3 aromatic rings. The van der Waals surface area contributed by atoms with Crippen molar-refractivity contribution in [1.82, 2.24) is 14.5 Å². The van der Waals surface area contributed by atoms with Crippen molar-refractivity contribution in [1.29, 1.82) is 0 Å². The van der Waals surface area contributed by atoms with Crippen LogP contribution in [0.4, 0.5) is 0 Å². The molecule has 0 aliphatic carbocycles. The lowest BCUT2D eigenvalue weighted by atomic mass is 10.2.